The summed E-state index contributed by atoms with van der Waals surface area (Å²) >= 11 is -0.472. The Balaban J connectivity index is 0.000000424. The molecule has 1 aromatic rings. The van der Waals surface area contributed by atoms with E-state index in [9.17, 15) is 0 Å². The first-order chi connectivity index (χ1) is 6.29. The van der Waals surface area contributed by atoms with Crippen LogP contribution in [0, 0.1) is 0 Å². The minimum Gasteiger partial charge on any atom is -0.674 e. The molecule has 0 unspecified atom stereocenters. The molecule has 0 fully saturated rings. The molecule has 0 aromatic heterocycles. The molecule has 0 spiro atoms. The summed E-state index contributed by atoms with van der Waals surface area (Å²) in [7, 11) is 9.75. The molecule has 0 aliphatic heterocycles. The molecular formula is C8H10Cl2N2Pt. The first-order valence-corrected chi connectivity index (χ1v) is 9.11. The Morgan fingerprint density at radius 3 is 1.54 bits per heavy atom. The molecule has 0 amide bonds. The van der Waals surface area contributed by atoms with Gasteiger partial charge in [-0.1, -0.05) is 35.4 Å². The number of hydrogen-bond donors (Lipinski definition) is 0. The van der Waals surface area contributed by atoms with Gasteiger partial charge >= 0.3 is 35.3 Å². The molecule has 1 aromatic carbocycles. The van der Waals surface area contributed by atoms with Gasteiger partial charge in [-0.3, -0.25) is 0 Å². The number of nitrogens with one attached hydrogen (secondary N) is 2. The molecule has 0 radical (unpaired) electrons. The van der Waals surface area contributed by atoms with Gasteiger partial charge in [-0.25, -0.2) is 0 Å². The van der Waals surface area contributed by atoms with Crippen molar-refractivity contribution in [3.63, 3.8) is 0 Å². The van der Waals surface area contributed by atoms with Crippen LogP contribution in [-0.4, -0.2) is 0 Å². The largest absolute Gasteiger partial charge is 0.674 e. The molecule has 2 N–H and O–H groups in total. The van der Waals surface area contributed by atoms with Crippen LogP contribution >= 0.6 is 18.8 Å². The van der Waals surface area contributed by atoms with Crippen molar-refractivity contribution in [2.24, 2.45) is 0 Å². The van der Waals surface area contributed by atoms with Crippen LogP contribution in [0.2, 0.25) is 0 Å². The van der Waals surface area contributed by atoms with Crippen LogP contribution < -0.4 is 0 Å². The van der Waals surface area contributed by atoms with Gasteiger partial charge in [-0.2, -0.15) is 0 Å². The van der Waals surface area contributed by atoms with Gasteiger partial charge in [-0.15, -0.1) is 13.1 Å². The van der Waals surface area contributed by atoms with E-state index in [-0.39, 0.29) is 13.1 Å². The van der Waals surface area contributed by atoms with E-state index in [1.165, 1.54) is 0 Å². The monoisotopic (exact) mass is 399 g/mol. The van der Waals surface area contributed by atoms with E-state index in [0.717, 1.165) is 11.1 Å². The van der Waals surface area contributed by atoms with E-state index in [0.29, 0.717) is 0 Å². The maximum atomic E-state index is 7.10. The Morgan fingerprint density at radius 2 is 1.31 bits per heavy atom. The van der Waals surface area contributed by atoms with Crippen molar-refractivity contribution in [2.45, 2.75) is 13.1 Å². The first-order valence-electron chi connectivity index (χ1n) is 3.48. The third kappa shape index (κ3) is 5.66. The van der Waals surface area contributed by atoms with Gasteiger partial charge in [0, 0.05) is 0 Å². The summed E-state index contributed by atoms with van der Waals surface area (Å²) in [6, 6.07) is 7.61. The number of rotatable bonds is 2. The van der Waals surface area contributed by atoms with Gasteiger partial charge in [-0.05, 0) is 0 Å². The van der Waals surface area contributed by atoms with E-state index >= 15 is 0 Å². The van der Waals surface area contributed by atoms with E-state index in [1.54, 1.807) is 0 Å². The summed E-state index contributed by atoms with van der Waals surface area (Å²) in [5, 5.41) is 0. The average Bonchev–Trinajstić information content (AvgIpc) is 2.19. The minimum absolute atomic E-state index is 0.287. The summed E-state index contributed by atoms with van der Waals surface area (Å²) in [6.45, 7) is 0.574. The van der Waals surface area contributed by atoms with E-state index in [4.69, 9.17) is 30.3 Å². The van der Waals surface area contributed by atoms with Crippen LogP contribution in [0.15, 0.2) is 24.3 Å². The second-order valence-electron chi connectivity index (χ2n) is 2.17. The van der Waals surface area contributed by atoms with Crippen molar-refractivity contribution in [3.8, 4) is 0 Å². The quantitative estimate of drug-likeness (QED) is 0.716. The van der Waals surface area contributed by atoms with Crippen molar-refractivity contribution in [1.82, 2.24) is 0 Å². The Bertz CT molecular complexity index is 210. The molecule has 76 valence electrons. The zero-order valence-corrected chi connectivity index (χ0v) is 10.6. The topological polar surface area (TPSA) is 47.6 Å². The molecule has 2 nitrogen and oxygen atoms in total. The van der Waals surface area contributed by atoms with Crippen molar-refractivity contribution >= 4 is 18.8 Å². The summed E-state index contributed by atoms with van der Waals surface area (Å²) in [6.07, 6.45) is 0. The average molecular weight is 400 g/mol. The second kappa shape index (κ2) is 8.98. The smallest absolute Gasteiger partial charge is 0.0606 e. The summed E-state index contributed by atoms with van der Waals surface area (Å²) < 4.78 is 0. The van der Waals surface area contributed by atoms with Crippen molar-refractivity contribution in [1.29, 1.82) is 0 Å². The van der Waals surface area contributed by atoms with Gasteiger partial charge in [0.15, 0.2) is 0 Å². The van der Waals surface area contributed by atoms with Gasteiger partial charge in [0.05, 0.1) is 0 Å². The van der Waals surface area contributed by atoms with Crippen LogP contribution in [-0.2, 0) is 29.6 Å². The second-order valence-corrected chi connectivity index (χ2v) is 5.45. The molecule has 0 atom stereocenters. The molecule has 0 aliphatic carbocycles. The van der Waals surface area contributed by atoms with Crippen LogP contribution in [0.3, 0.4) is 0 Å². The van der Waals surface area contributed by atoms with Gasteiger partial charge in [0.25, 0.3) is 0 Å². The van der Waals surface area contributed by atoms with E-state index in [1.807, 2.05) is 24.3 Å². The maximum Gasteiger partial charge on any atom is -0.0606 e. The Labute approximate surface area is 95.0 Å². The number of halogens is 2. The first kappa shape index (κ1) is 13.4. The van der Waals surface area contributed by atoms with Gasteiger partial charge < -0.3 is 11.5 Å². The van der Waals surface area contributed by atoms with Gasteiger partial charge in [0.1, 0.15) is 0 Å². The van der Waals surface area contributed by atoms with Gasteiger partial charge in [0.2, 0.25) is 0 Å². The molecule has 13 heavy (non-hydrogen) atoms. The van der Waals surface area contributed by atoms with Crippen molar-refractivity contribution < 1.29 is 16.5 Å². The molecule has 5 heteroatoms. The molecule has 1 rings (SSSR count). The molecule has 0 saturated heterocycles. The zero-order valence-electron chi connectivity index (χ0n) is 6.80. The summed E-state index contributed by atoms with van der Waals surface area (Å²) in [5.74, 6) is 0. The maximum absolute atomic E-state index is 7.10. The zero-order chi connectivity index (χ0) is 10.1. The molecule has 0 bridgehead atoms. The fourth-order valence-corrected chi connectivity index (χ4v) is 0.902. The Morgan fingerprint density at radius 1 is 1.00 bits per heavy atom. The Kier molecular flexibility index (Phi) is 9.26. The van der Waals surface area contributed by atoms with Crippen molar-refractivity contribution in [2.75, 3.05) is 0 Å². The minimum atomic E-state index is -0.472. The van der Waals surface area contributed by atoms with Crippen LogP contribution in [0.1, 0.15) is 11.1 Å². The summed E-state index contributed by atoms with van der Waals surface area (Å²) in [4.78, 5) is 0. The van der Waals surface area contributed by atoms with E-state index in [2.05, 4.69) is 0 Å². The molecule has 0 saturated carbocycles. The SMILES string of the molecule is [Cl][Pt+2][Cl].[NH-]Cc1ccccc1C[NH-]. The predicted molar refractivity (Wildman–Crippen MR) is 54.2 cm³/mol. The van der Waals surface area contributed by atoms with Crippen LogP contribution in [0.25, 0.3) is 11.5 Å². The molecule has 0 aliphatic rings. The third-order valence-electron chi connectivity index (χ3n) is 1.50. The fraction of sp³-hybridized carbons (Fsp3) is 0.250. The predicted octanol–water partition coefficient (Wildman–Crippen LogP) is 4.17. The normalized spacial score (nSPS) is 9.23. The van der Waals surface area contributed by atoms with Crippen molar-refractivity contribution in [3.05, 3.63) is 46.9 Å². The standard InChI is InChI=1S/C8H10N2.2ClH.Pt/c9-5-7-3-1-2-4-8(7)6-10;;;/h1-4,9-10H,5-6H2;2*1H;/q-2;;;+4/p-2. The van der Waals surface area contributed by atoms with E-state index < -0.39 is 16.5 Å². The van der Waals surface area contributed by atoms with Crippen LogP contribution in [0.5, 0.6) is 0 Å². The van der Waals surface area contributed by atoms with Crippen LogP contribution in [0.4, 0.5) is 0 Å². The Hall–Kier alpha value is 0.408. The molecular weight excluding hydrogens is 390 g/mol. The molecule has 0 heterocycles. The fourth-order valence-electron chi connectivity index (χ4n) is 0.902. The third-order valence-corrected chi connectivity index (χ3v) is 1.50. The number of hydrogen-bond acceptors (Lipinski definition) is 0. The summed E-state index contributed by atoms with van der Waals surface area (Å²) in [5.41, 5.74) is 16.1. The number of benzene rings is 1.